The molecule has 1 nitrogen and oxygen atoms in total. The van der Waals surface area contributed by atoms with Gasteiger partial charge in [0.25, 0.3) is 0 Å². The Kier molecular flexibility index (Phi) is 4.49. The summed E-state index contributed by atoms with van der Waals surface area (Å²) in [6.45, 7) is 0.560. The molecule has 0 unspecified atom stereocenters. The van der Waals surface area contributed by atoms with E-state index in [1.807, 2.05) is 12.1 Å². The lowest BCUT2D eigenvalue weighted by molar-refractivity contribution is 0.627. The summed E-state index contributed by atoms with van der Waals surface area (Å²) in [5.74, 6) is -0.279. The summed E-state index contributed by atoms with van der Waals surface area (Å²) in [5, 5.41) is 4.37. The van der Waals surface area contributed by atoms with Gasteiger partial charge in [0.2, 0.25) is 0 Å². The first-order valence-corrected chi connectivity index (χ1v) is 6.73. The molecule has 1 N–H and O–H groups in total. The number of nitrogens with one attached hydrogen (secondary N) is 1. The Bertz CT molecular complexity index is 555. The largest absolute Gasteiger partial charge is 0.380 e. The minimum absolute atomic E-state index is 0.279. The maximum atomic E-state index is 12.9. The van der Waals surface area contributed by atoms with Crippen LogP contribution in [0.15, 0.2) is 40.9 Å². The fourth-order valence-electron chi connectivity index (χ4n) is 1.54. The lowest BCUT2D eigenvalue weighted by Gasteiger charge is -2.09. The van der Waals surface area contributed by atoms with Crippen LogP contribution in [0.3, 0.4) is 0 Å². The van der Waals surface area contributed by atoms with E-state index in [4.69, 9.17) is 23.2 Å². The molecule has 2 aromatic carbocycles. The van der Waals surface area contributed by atoms with E-state index in [9.17, 15) is 4.39 Å². The molecule has 18 heavy (non-hydrogen) atoms. The minimum Gasteiger partial charge on any atom is -0.380 e. The lowest BCUT2D eigenvalue weighted by atomic mass is 10.2. The highest BCUT2D eigenvalue weighted by Crippen LogP contribution is 2.25. The average molecular weight is 349 g/mol. The van der Waals surface area contributed by atoms with Gasteiger partial charge in [-0.05, 0) is 57.9 Å². The molecule has 0 bridgehead atoms. The summed E-state index contributed by atoms with van der Waals surface area (Å²) >= 11 is 15.1. The number of halogens is 4. The smallest absolute Gasteiger partial charge is 0.124 e. The van der Waals surface area contributed by atoms with E-state index in [2.05, 4.69) is 21.2 Å². The highest BCUT2D eigenvalue weighted by Gasteiger charge is 2.02. The van der Waals surface area contributed by atoms with Crippen LogP contribution < -0.4 is 5.32 Å². The molecule has 0 aliphatic heterocycles. The zero-order valence-corrected chi connectivity index (χ0v) is 12.3. The van der Waals surface area contributed by atoms with Gasteiger partial charge in [-0.2, -0.15) is 0 Å². The van der Waals surface area contributed by atoms with E-state index in [-0.39, 0.29) is 5.82 Å². The highest BCUT2D eigenvalue weighted by molar-refractivity contribution is 9.10. The van der Waals surface area contributed by atoms with Crippen LogP contribution in [0, 0.1) is 5.82 Å². The van der Waals surface area contributed by atoms with Crippen molar-refractivity contribution in [2.75, 3.05) is 5.32 Å². The van der Waals surface area contributed by atoms with Gasteiger partial charge in [0, 0.05) is 26.8 Å². The van der Waals surface area contributed by atoms with Gasteiger partial charge in [-0.1, -0.05) is 23.2 Å². The highest BCUT2D eigenvalue weighted by atomic mass is 79.9. The van der Waals surface area contributed by atoms with Crippen molar-refractivity contribution in [3.63, 3.8) is 0 Å². The van der Waals surface area contributed by atoms with E-state index in [0.717, 1.165) is 11.3 Å². The molecule has 0 atom stereocenters. The van der Waals surface area contributed by atoms with Gasteiger partial charge in [0.05, 0.1) is 0 Å². The fraction of sp³-hybridized carbons (Fsp3) is 0.0769. The summed E-state index contributed by atoms with van der Waals surface area (Å²) in [5.41, 5.74) is 1.77. The summed E-state index contributed by atoms with van der Waals surface area (Å²) in [4.78, 5) is 0. The molecule has 5 heteroatoms. The first kappa shape index (κ1) is 13.7. The second kappa shape index (κ2) is 5.91. The maximum Gasteiger partial charge on any atom is 0.124 e. The Labute approximate surface area is 123 Å². The molecule has 94 valence electrons. The molecule has 2 rings (SSSR count). The van der Waals surface area contributed by atoms with Crippen molar-refractivity contribution in [2.45, 2.75) is 6.54 Å². The number of hydrogen-bond donors (Lipinski definition) is 1. The predicted molar refractivity (Wildman–Crippen MR) is 77.9 cm³/mol. The molecule has 2 aromatic rings. The standard InChI is InChI=1S/C13H9BrCl2FN/c14-12-6-11(17)1-2-13(12)18-7-8-3-9(15)5-10(16)4-8/h1-6,18H,7H2. The van der Waals surface area contributed by atoms with E-state index >= 15 is 0 Å². The molecule has 0 saturated carbocycles. The molecular formula is C13H9BrCl2FN. The Morgan fingerprint density at radius 2 is 1.72 bits per heavy atom. The zero-order valence-electron chi connectivity index (χ0n) is 9.18. The van der Waals surface area contributed by atoms with Crippen LogP contribution >= 0.6 is 39.1 Å². The van der Waals surface area contributed by atoms with E-state index in [1.165, 1.54) is 12.1 Å². The topological polar surface area (TPSA) is 12.0 Å². The van der Waals surface area contributed by atoms with Gasteiger partial charge in [0.1, 0.15) is 5.82 Å². The number of benzene rings is 2. The third kappa shape index (κ3) is 3.61. The van der Waals surface area contributed by atoms with Crippen molar-refractivity contribution in [3.8, 4) is 0 Å². The number of rotatable bonds is 3. The summed E-state index contributed by atoms with van der Waals surface area (Å²) in [6.07, 6.45) is 0. The van der Waals surface area contributed by atoms with Crippen LogP contribution in [0.5, 0.6) is 0 Å². The molecule has 0 heterocycles. The third-order valence-corrected chi connectivity index (χ3v) is 3.43. The van der Waals surface area contributed by atoms with Crippen molar-refractivity contribution in [3.05, 3.63) is 62.3 Å². The normalized spacial score (nSPS) is 10.4. The molecule has 0 aliphatic rings. The van der Waals surface area contributed by atoms with Crippen LogP contribution in [0.4, 0.5) is 10.1 Å². The summed E-state index contributed by atoms with van der Waals surface area (Å²) in [7, 11) is 0. The van der Waals surface area contributed by atoms with Crippen molar-refractivity contribution in [1.29, 1.82) is 0 Å². The summed E-state index contributed by atoms with van der Waals surface area (Å²) < 4.78 is 13.6. The lowest BCUT2D eigenvalue weighted by Crippen LogP contribution is -2.00. The maximum absolute atomic E-state index is 12.9. The van der Waals surface area contributed by atoms with Crippen LogP contribution in [-0.4, -0.2) is 0 Å². The Morgan fingerprint density at radius 1 is 1.06 bits per heavy atom. The van der Waals surface area contributed by atoms with Gasteiger partial charge >= 0.3 is 0 Å². The molecule has 0 spiro atoms. The average Bonchev–Trinajstić information content (AvgIpc) is 2.26. The van der Waals surface area contributed by atoms with Crippen LogP contribution in [0.1, 0.15) is 5.56 Å². The fourth-order valence-corrected chi connectivity index (χ4v) is 2.61. The minimum atomic E-state index is -0.279. The molecule has 0 aromatic heterocycles. The Balaban J connectivity index is 2.11. The van der Waals surface area contributed by atoms with Crippen LogP contribution in [-0.2, 0) is 6.54 Å². The van der Waals surface area contributed by atoms with Gasteiger partial charge < -0.3 is 5.32 Å². The van der Waals surface area contributed by atoms with Crippen LogP contribution in [0.2, 0.25) is 10.0 Å². The Hall–Kier alpha value is -0.770. The predicted octanol–water partition coefficient (Wildman–Crippen LogP) is 5.51. The third-order valence-electron chi connectivity index (χ3n) is 2.34. The SMILES string of the molecule is Fc1ccc(NCc2cc(Cl)cc(Cl)c2)c(Br)c1. The van der Waals surface area contributed by atoms with Gasteiger partial charge in [-0.25, -0.2) is 4.39 Å². The molecule has 0 aliphatic carbocycles. The zero-order chi connectivity index (χ0) is 13.1. The molecule has 0 fully saturated rings. The van der Waals surface area contributed by atoms with Crippen LogP contribution in [0.25, 0.3) is 0 Å². The first-order chi connectivity index (χ1) is 8.54. The number of anilines is 1. The van der Waals surface area contributed by atoms with Crippen molar-refractivity contribution >= 4 is 44.8 Å². The van der Waals surface area contributed by atoms with Gasteiger partial charge in [0.15, 0.2) is 0 Å². The van der Waals surface area contributed by atoms with Gasteiger partial charge in [-0.3, -0.25) is 0 Å². The molecule has 0 amide bonds. The molecule has 0 saturated heterocycles. The van der Waals surface area contributed by atoms with E-state index in [0.29, 0.717) is 21.1 Å². The van der Waals surface area contributed by atoms with E-state index < -0.39 is 0 Å². The second-order valence-corrected chi connectivity index (χ2v) is 5.48. The second-order valence-electron chi connectivity index (χ2n) is 3.76. The van der Waals surface area contributed by atoms with Crippen molar-refractivity contribution < 1.29 is 4.39 Å². The van der Waals surface area contributed by atoms with Gasteiger partial charge in [-0.15, -0.1) is 0 Å². The first-order valence-electron chi connectivity index (χ1n) is 5.18. The quantitative estimate of drug-likeness (QED) is 0.771. The Morgan fingerprint density at radius 3 is 2.33 bits per heavy atom. The van der Waals surface area contributed by atoms with Crippen molar-refractivity contribution in [1.82, 2.24) is 0 Å². The van der Waals surface area contributed by atoms with E-state index in [1.54, 1.807) is 12.1 Å². The molecule has 0 radical (unpaired) electrons. The van der Waals surface area contributed by atoms with Crippen molar-refractivity contribution in [2.24, 2.45) is 0 Å². The summed E-state index contributed by atoms with van der Waals surface area (Å²) in [6, 6.07) is 9.83. The monoisotopic (exact) mass is 347 g/mol. The molecular weight excluding hydrogens is 340 g/mol. The number of hydrogen-bond acceptors (Lipinski definition) is 1.